The van der Waals surface area contributed by atoms with E-state index in [1.165, 1.54) is 11.0 Å². The van der Waals surface area contributed by atoms with E-state index in [-0.39, 0.29) is 0 Å². The molecule has 6 aromatic rings. The van der Waals surface area contributed by atoms with Crippen molar-refractivity contribution in [3.8, 4) is 0 Å². The summed E-state index contributed by atoms with van der Waals surface area (Å²) in [6, 6.07) is 9.47. The van der Waals surface area contributed by atoms with E-state index < -0.39 is 0 Å². The van der Waals surface area contributed by atoms with E-state index in [1.54, 1.807) is 53.5 Å². The molecule has 6 N–H and O–H groups in total. The van der Waals surface area contributed by atoms with Gasteiger partial charge >= 0.3 is 0 Å². The first kappa shape index (κ1) is 19.6. The van der Waals surface area contributed by atoms with Crippen LogP contribution in [0.2, 0.25) is 0 Å². The molecule has 0 spiro atoms. The molecule has 6 rings (SSSR count). The van der Waals surface area contributed by atoms with Crippen molar-refractivity contribution in [3.63, 3.8) is 0 Å². The van der Waals surface area contributed by atoms with E-state index in [1.807, 2.05) is 29.0 Å². The van der Waals surface area contributed by atoms with Gasteiger partial charge in [0.25, 0.3) is 0 Å². The molecule has 0 aliphatic heterocycles. The van der Waals surface area contributed by atoms with Crippen molar-refractivity contribution in [2.45, 2.75) is 0 Å². The Bertz CT molecular complexity index is 1230. The Kier molecular flexibility index (Phi) is 5.68. The van der Waals surface area contributed by atoms with E-state index >= 15 is 0 Å². The molecule has 0 unspecified atom stereocenters. The number of aromatic nitrogens is 4. The van der Waals surface area contributed by atoms with Crippen LogP contribution in [0.25, 0.3) is 31.3 Å². The molecule has 0 aliphatic rings. The molecule has 0 fully saturated rings. The third kappa shape index (κ3) is 4.14. The van der Waals surface area contributed by atoms with Gasteiger partial charge in [0.2, 0.25) is 0 Å². The van der Waals surface area contributed by atoms with Crippen molar-refractivity contribution < 1.29 is 4.42 Å². The first-order valence-electron chi connectivity index (χ1n) is 8.72. The van der Waals surface area contributed by atoms with Gasteiger partial charge in [-0.15, -0.1) is 22.7 Å². The smallest absolute Gasteiger partial charge is 0.139 e. The molecule has 0 radical (unpaired) electrons. The third-order valence-corrected chi connectivity index (χ3v) is 5.82. The first-order valence-corrected chi connectivity index (χ1v) is 10.5. The van der Waals surface area contributed by atoms with Gasteiger partial charge in [-0.3, -0.25) is 0 Å². The number of fused-ring (bicyclic) bond motifs is 3. The average molecular weight is 436 g/mol. The van der Waals surface area contributed by atoms with Crippen LogP contribution in [0.3, 0.4) is 0 Å². The van der Waals surface area contributed by atoms with Crippen LogP contribution < -0.4 is 17.2 Å². The predicted molar refractivity (Wildman–Crippen MR) is 124 cm³/mol. The Morgan fingerprint density at radius 1 is 0.667 bits per heavy atom. The number of nitrogens with two attached hydrogens (primary N) is 3. The molecule has 8 nitrogen and oxygen atoms in total. The summed E-state index contributed by atoms with van der Waals surface area (Å²) in [7, 11) is 0. The Balaban J connectivity index is 0.000000109. The molecule has 0 saturated heterocycles. The number of hydrogen-bond acceptors (Lipinski definition) is 10. The van der Waals surface area contributed by atoms with Crippen LogP contribution in [0.15, 0.2) is 70.5 Å². The lowest BCUT2D eigenvalue weighted by molar-refractivity contribution is 0.615. The topological polar surface area (TPSA) is 143 Å². The molecule has 150 valence electrons. The Hall–Kier alpha value is -3.76. The second kappa shape index (κ2) is 8.72. The fraction of sp³-hybridized carbons (Fsp3) is 0. The number of hydrogen-bond donors (Lipinski definition) is 3. The molecule has 10 heteroatoms. The van der Waals surface area contributed by atoms with Crippen LogP contribution in [0.4, 0.5) is 17.5 Å². The molecular formula is C20H17N7OS2. The molecule has 0 atom stereocenters. The van der Waals surface area contributed by atoms with Crippen molar-refractivity contribution in [3.05, 3.63) is 66.1 Å². The van der Waals surface area contributed by atoms with Crippen LogP contribution in [0.1, 0.15) is 0 Å². The maximum atomic E-state index is 5.60. The van der Waals surface area contributed by atoms with Gasteiger partial charge in [0.05, 0.1) is 17.0 Å². The van der Waals surface area contributed by atoms with Crippen LogP contribution in [-0.2, 0) is 0 Å². The number of nitrogen functional groups attached to an aromatic ring is 3. The van der Waals surface area contributed by atoms with Gasteiger partial charge in [-0.1, -0.05) is 0 Å². The van der Waals surface area contributed by atoms with Crippen molar-refractivity contribution in [2.24, 2.45) is 0 Å². The zero-order valence-corrected chi connectivity index (χ0v) is 17.2. The number of anilines is 3. The van der Waals surface area contributed by atoms with Crippen molar-refractivity contribution in [1.29, 1.82) is 0 Å². The molecule has 0 aromatic carbocycles. The largest absolute Gasteiger partial charge is 0.464 e. The molecule has 30 heavy (non-hydrogen) atoms. The number of rotatable bonds is 0. The summed E-state index contributed by atoms with van der Waals surface area (Å²) in [6.07, 6.45) is 6.44. The van der Waals surface area contributed by atoms with Gasteiger partial charge in [-0.25, -0.2) is 19.9 Å². The van der Waals surface area contributed by atoms with Gasteiger partial charge in [0, 0.05) is 22.5 Å². The van der Waals surface area contributed by atoms with Crippen molar-refractivity contribution in [1.82, 2.24) is 19.9 Å². The lowest BCUT2D eigenvalue weighted by atomic mass is 10.3. The fourth-order valence-electron chi connectivity index (χ4n) is 2.64. The molecule has 0 saturated carbocycles. The maximum absolute atomic E-state index is 5.60. The average Bonchev–Trinajstić information content (AvgIpc) is 3.50. The SMILES string of the molecule is Nc1nccc2occc12.Nc1nccc2sccc12.Nc1ncnc2sccc12. The minimum Gasteiger partial charge on any atom is -0.464 e. The normalized spacial score (nSPS) is 10.4. The zero-order chi connectivity index (χ0) is 20.9. The summed E-state index contributed by atoms with van der Waals surface area (Å²) < 4.78 is 6.28. The lowest BCUT2D eigenvalue weighted by Crippen LogP contribution is -1.89. The lowest BCUT2D eigenvalue weighted by Gasteiger charge is -1.91. The summed E-state index contributed by atoms with van der Waals surface area (Å²) in [5, 5.41) is 6.86. The highest BCUT2D eigenvalue weighted by molar-refractivity contribution is 7.17. The predicted octanol–water partition coefficient (Wildman–Crippen LogP) is 4.56. The summed E-state index contributed by atoms with van der Waals surface area (Å²) in [4.78, 5) is 16.7. The molecule has 0 aliphatic carbocycles. The van der Waals surface area contributed by atoms with E-state index in [9.17, 15) is 0 Å². The Labute approximate surface area is 179 Å². The summed E-state index contributed by atoms with van der Waals surface area (Å²) >= 11 is 3.25. The van der Waals surface area contributed by atoms with E-state index in [2.05, 4.69) is 19.9 Å². The second-order valence-electron chi connectivity index (χ2n) is 5.96. The minimum absolute atomic E-state index is 0.520. The number of furan rings is 1. The quantitative estimate of drug-likeness (QED) is 0.315. The molecular weight excluding hydrogens is 418 g/mol. The van der Waals surface area contributed by atoms with E-state index in [0.717, 1.165) is 26.6 Å². The van der Waals surface area contributed by atoms with Gasteiger partial charge in [-0.05, 0) is 41.1 Å². The highest BCUT2D eigenvalue weighted by Crippen LogP contribution is 2.23. The molecule has 0 amide bonds. The van der Waals surface area contributed by atoms with Crippen molar-refractivity contribution >= 4 is 71.4 Å². The monoisotopic (exact) mass is 435 g/mol. The van der Waals surface area contributed by atoms with Crippen LogP contribution in [-0.4, -0.2) is 19.9 Å². The maximum Gasteiger partial charge on any atom is 0.139 e. The minimum atomic E-state index is 0.520. The summed E-state index contributed by atoms with van der Waals surface area (Å²) in [5.74, 6) is 1.70. The number of pyridine rings is 2. The number of nitrogens with zero attached hydrogens (tertiary/aromatic N) is 4. The number of thiophene rings is 2. The highest BCUT2D eigenvalue weighted by Gasteiger charge is 1.99. The summed E-state index contributed by atoms with van der Waals surface area (Å²) in [6.45, 7) is 0. The van der Waals surface area contributed by atoms with Crippen molar-refractivity contribution in [2.75, 3.05) is 17.2 Å². The van der Waals surface area contributed by atoms with E-state index in [0.29, 0.717) is 17.5 Å². The van der Waals surface area contributed by atoms with Gasteiger partial charge in [0.1, 0.15) is 34.2 Å². The van der Waals surface area contributed by atoms with Gasteiger partial charge in [0.15, 0.2) is 0 Å². The fourth-order valence-corrected chi connectivity index (χ4v) is 4.17. The second-order valence-corrected chi connectivity index (χ2v) is 7.80. The van der Waals surface area contributed by atoms with Crippen LogP contribution >= 0.6 is 22.7 Å². The highest BCUT2D eigenvalue weighted by atomic mass is 32.1. The van der Waals surface area contributed by atoms with Crippen LogP contribution in [0.5, 0.6) is 0 Å². The van der Waals surface area contributed by atoms with Crippen LogP contribution in [0, 0.1) is 0 Å². The third-order valence-electron chi connectivity index (χ3n) is 4.11. The Morgan fingerprint density at radius 2 is 1.37 bits per heavy atom. The first-order chi connectivity index (χ1) is 14.6. The zero-order valence-electron chi connectivity index (χ0n) is 15.6. The molecule has 6 heterocycles. The molecule has 0 bridgehead atoms. The van der Waals surface area contributed by atoms with Gasteiger partial charge < -0.3 is 21.6 Å². The van der Waals surface area contributed by atoms with Gasteiger partial charge in [-0.2, -0.15) is 0 Å². The Morgan fingerprint density at radius 3 is 2.13 bits per heavy atom. The summed E-state index contributed by atoms with van der Waals surface area (Å²) in [5.41, 5.74) is 17.5. The molecule has 6 aromatic heterocycles. The standard InChI is InChI=1S/C7H6N2O.C7H6N2S.C6H5N3S/c2*8-7-5-2-4-10-6(5)1-3-9-7;7-5-4-1-2-10-6(4)9-3-8-5/h2*1-4H,(H2,8,9);1-3H,(H2,7,8,9). The van der Waals surface area contributed by atoms with E-state index in [4.69, 9.17) is 21.6 Å².